The third kappa shape index (κ3) is 2.50. The molecule has 0 aliphatic rings. The predicted octanol–water partition coefficient (Wildman–Crippen LogP) is 3.25. The van der Waals surface area contributed by atoms with Gasteiger partial charge < -0.3 is 4.74 Å². The Kier molecular flexibility index (Phi) is 3.94. The van der Waals surface area contributed by atoms with Crippen LogP contribution < -0.4 is 10.3 Å². The molecule has 0 N–H and O–H groups in total. The van der Waals surface area contributed by atoms with Crippen molar-refractivity contribution in [2.24, 2.45) is 0 Å². The zero-order chi connectivity index (χ0) is 15.7. The minimum absolute atomic E-state index is 0.196. The van der Waals surface area contributed by atoms with Crippen LogP contribution in [0.3, 0.4) is 0 Å². The van der Waals surface area contributed by atoms with Crippen molar-refractivity contribution in [1.29, 1.82) is 0 Å². The van der Waals surface area contributed by atoms with E-state index in [1.165, 1.54) is 6.20 Å². The van der Waals surface area contributed by atoms with E-state index in [0.29, 0.717) is 17.6 Å². The molecule has 1 aromatic carbocycles. The molecular formula is C16H14BrN3O2. The first-order valence-electron chi connectivity index (χ1n) is 6.87. The Morgan fingerprint density at radius 1 is 1.23 bits per heavy atom. The summed E-state index contributed by atoms with van der Waals surface area (Å²) in [7, 11) is 0. The van der Waals surface area contributed by atoms with Crippen molar-refractivity contribution in [1.82, 2.24) is 14.5 Å². The largest absolute Gasteiger partial charge is 0.494 e. The fraction of sp³-hybridized carbons (Fsp3) is 0.188. The van der Waals surface area contributed by atoms with E-state index < -0.39 is 0 Å². The number of rotatable bonds is 3. The molecule has 3 aromatic rings. The number of ether oxygens (including phenoxy) is 1. The molecule has 2 aromatic heterocycles. The minimum Gasteiger partial charge on any atom is -0.494 e. The maximum absolute atomic E-state index is 12.7. The van der Waals surface area contributed by atoms with E-state index in [9.17, 15) is 4.79 Å². The Bertz CT molecular complexity index is 906. The lowest BCUT2D eigenvalue weighted by atomic mass is 10.2. The van der Waals surface area contributed by atoms with E-state index >= 15 is 0 Å². The second-order valence-corrected chi connectivity index (χ2v) is 5.64. The molecule has 3 rings (SSSR count). The molecule has 5 nitrogen and oxygen atoms in total. The number of halogens is 1. The number of pyridine rings is 1. The molecule has 2 heterocycles. The first kappa shape index (κ1) is 14.7. The van der Waals surface area contributed by atoms with Gasteiger partial charge in [0, 0.05) is 18.6 Å². The van der Waals surface area contributed by atoms with Crippen molar-refractivity contribution >= 4 is 27.0 Å². The van der Waals surface area contributed by atoms with Gasteiger partial charge in [-0.05, 0) is 53.5 Å². The highest BCUT2D eigenvalue weighted by Crippen LogP contribution is 2.23. The molecule has 0 amide bonds. The predicted molar refractivity (Wildman–Crippen MR) is 88.7 cm³/mol. The van der Waals surface area contributed by atoms with Gasteiger partial charge in [0.05, 0.1) is 16.8 Å². The summed E-state index contributed by atoms with van der Waals surface area (Å²) in [5, 5.41) is 0. The molecule has 0 atom stereocenters. The molecule has 112 valence electrons. The molecule has 0 radical (unpaired) electrons. The summed E-state index contributed by atoms with van der Waals surface area (Å²) in [4.78, 5) is 21.0. The zero-order valence-corrected chi connectivity index (χ0v) is 13.8. The molecule has 0 bridgehead atoms. The van der Waals surface area contributed by atoms with E-state index in [2.05, 4.69) is 25.9 Å². The van der Waals surface area contributed by atoms with Crippen LogP contribution in [0.15, 0.2) is 46.1 Å². The second-order valence-electron chi connectivity index (χ2n) is 4.79. The van der Waals surface area contributed by atoms with Crippen molar-refractivity contribution < 1.29 is 4.74 Å². The summed E-state index contributed by atoms with van der Waals surface area (Å²) in [5.74, 6) is 0.788. The Hall–Kier alpha value is -2.21. The Labute approximate surface area is 135 Å². The van der Waals surface area contributed by atoms with Gasteiger partial charge in [-0.2, -0.15) is 0 Å². The van der Waals surface area contributed by atoms with Crippen LogP contribution in [0.25, 0.3) is 16.7 Å². The first-order valence-corrected chi connectivity index (χ1v) is 7.67. The maximum atomic E-state index is 12.7. The van der Waals surface area contributed by atoms with Crippen LogP contribution in [0.4, 0.5) is 0 Å². The van der Waals surface area contributed by atoms with Gasteiger partial charge in [-0.25, -0.2) is 4.98 Å². The molecule has 0 unspecified atom stereocenters. The molecule has 0 saturated heterocycles. The van der Waals surface area contributed by atoms with E-state index in [-0.39, 0.29) is 5.56 Å². The van der Waals surface area contributed by atoms with E-state index in [1.54, 1.807) is 17.0 Å². The fourth-order valence-corrected chi connectivity index (χ4v) is 2.85. The second kappa shape index (κ2) is 5.88. The summed E-state index contributed by atoms with van der Waals surface area (Å²) in [5.41, 5.74) is 2.45. The third-order valence-electron chi connectivity index (χ3n) is 3.33. The molecule has 0 saturated carbocycles. The molecule has 22 heavy (non-hydrogen) atoms. The van der Waals surface area contributed by atoms with Gasteiger partial charge in [0.2, 0.25) is 0 Å². The van der Waals surface area contributed by atoms with Crippen LogP contribution in [-0.2, 0) is 0 Å². The molecule has 0 fully saturated rings. The Balaban J connectivity index is 2.23. The molecule has 0 spiro atoms. The standard InChI is InChI=1S/C16H14BrN3O2/c1-3-22-11-4-5-13(10(2)8-11)20-9-12(17)14-15(16(20)21)19-7-6-18-14/h4-9H,3H2,1-2H3. The van der Waals surface area contributed by atoms with Crippen LogP contribution in [0.2, 0.25) is 0 Å². The number of benzene rings is 1. The van der Waals surface area contributed by atoms with E-state index in [0.717, 1.165) is 21.5 Å². The van der Waals surface area contributed by atoms with Crippen molar-refractivity contribution in [2.75, 3.05) is 6.61 Å². The third-order valence-corrected chi connectivity index (χ3v) is 3.91. The quantitative estimate of drug-likeness (QED) is 0.720. The highest BCUT2D eigenvalue weighted by Gasteiger charge is 2.12. The fourth-order valence-electron chi connectivity index (χ4n) is 2.35. The molecule has 0 aliphatic heterocycles. The Morgan fingerprint density at radius 3 is 2.64 bits per heavy atom. The SMILES string of the molecule is CCOc1ccc(-n2cc(Br)c3nccnc3c2=O)c(C)c1. The number of fused-ring (bicyclic) bond motifs is 1. The van der Waals surface area contributed by atoms with Gasteiger partial charge in [-0.3, -0.25) is 14.3 Å². The first-order chi connectivity index (χ1) is 10.6. The van der Waals surface area contributed by atoms with Gasteiger partial charge in [0.1, 0.15) is 11.3 Å². The van der Waals surface area contributed by atoms with Crippen molar-refractivity contribution in [3.63, 3.8) is 0 Å². The summed E-state index contributed by atoms with van der Waals surface area (Å²) < 4.78 is 7.78. The lowest BCUT2D eigenvalue weighted by molar-refractivity contribution is 0.340. The van der Waals surface area contributed by atoms with Crippen molar-refractivity contribution in [3.8, 4) is 11.4 Å². The van der Waals surface area contributed by atoms with Crippen LogP contribution >= 0.6 is 15.9 Å². The summed E-state index contributed by atoms with van der Waals surface area (Å²) in [6.07, 6.45) is 4.81. The van der Waals surface area contributed by atoms with Crippen molar-refractivity contribution in [2.45, 2.75) is 13.8 Å². The van der Waals surface area contributed by atoms with Crippen LogP contribution in [0, 0.1) is 6.92 Å². The average molecular weight is 360 g/mol. The normalized spacial score (nSPS) is 10.9. The van der Waals surface area contributed by atoms with Crippen LogP contribution in [0.5, 0.6) is 5.75 Å². The number of aryl methyl sites for hydroxylation is 1. The highest BCUT2D eigenvalue weighted by atomic mass is 79.9. The van der Waals surface area contributed by atoms with Gasteiger partial charge in [0.15, 0.2) is 5.52 Å². The molecular weight excluding hydrogens is 346 g/mol. The number of hydrogen-bond donors (Lipinski definition) is 0. The van der Waals surface area contributed by atoms with Gasteiger partial charge in [0.25, 0.3) is 5.56 Å². The smallest absolute Gasteiger partial charge is 0.283 e. The monoisotopic (exact) mass is 359 g/mol. The summed E-state index contributed by atoms with van der Waals surface area (Å²) >= 11 is 3.46. The minimum atomic E-state index is -0.196. The average Bonchev–Trinajstić information content (AvgIpc) is 2.52. The molecule has 0 aliphatic carbocycles. The lowest BCUT2D eigenvalue weighted by Gasteiger charge is -2.12. The van der Waals surface area contributed by atoms with Gasteiger partial charge in [-0.15, -0.1) is 0 Å². The number of aromatic nitrogens is 3. The summed E-state index contributed by atoms with van der Waals surface area (Å²) in [6.45, 7) is 4.49. The van der Waals surface area contributed by atoms with Crippen LogP contribution in [-0.4, -0.2) is 21.1 Å². The van der Waals surface area contributed by atoms with Gasteiger partial charge in [-0.1, -0.05) is 0 Å². The zero-order valence-electron chi connectivity index (χ0n) is 12.2. The number of nitrogens with zero attached hydrogens (tertiary/aromatic N) is 3. The highest BCUT2D eigenvalue weighted by molar-refractivity contribution is 9.10. The topological polar surface area (TPSA) is 57.0 Å². The lowest BCUT2D eigenvalue weighted by Crippen LogP contribution is -2.20. The van der Waals surface area contributed by atoms with E-state index in [1.807, 2.05) is 32.0 Å². The van der Waals surface area contributed by atoms with Gasteiger partial charge >= 0.3 is 0 Å². The van der Waals surface area contributed by atoms with Crippen LogP contribution in [0.1, 0.15) is 12.5 Å². The summed E-state index contributed by atoms with van der Waals surface area (Å²) in [6, 6.07) is 5.64. The number of hydrogen-bond acceptors (Lipinski definition) is 4. The van der Waals surface area contributed by atoms with Crippen molar-refractivity contribution in [3.05, 3.63) is 57.2 Å². The maximum Gasteiger partial charge on any atom is 0.283 e. The molecule has 6 heteroatoms. The van der Waals surface area contributed by atoms with E-state index in [4.69, 9.17) is 4.74 Å². The Morgan fingerprint density at radius 2 is 1.95 bits per heavy atom.